The molecule has 28 heavy (non-hydrogen) atoms. The maximum absolute atomic E-state index is 13.5. The molecule has 4 rings (SSSR count). The van der Waals surface area contributed by atoms with Crippen LogP contribution in [0.1, 0.15) is 37.7 Å². The number of rotatable bonds is 5. The van der Waals surface area contributed by atoms with Gasteiger partial charge in [-0.25, -0.2) is 4.39 Å². The van der Waals surface area contributed by atoms with Crippen molar-refractivity contribution >= 4 is 11.6 Å². The summed E-state index contributed by atoms with van der Waals surface area (Å²) in [4.78, 5) is 6.91. The van der Waals surface area contributed by atoms with Crippen molar-refractivity contribution in [3.63, 3.8) is 0 Å². The van der Waals surface area contributed by atoms with Gasteiger partial charge in [0.05, 0.1) is 0 Å². The highest BCUT2D eigenvalue weighted by Crippen LogP contribution is 2.40. The second kappa shape index (κ2) is 8.63. The van der Waals surface area contributed by atoms with E-state index < -0.39 is 0 Å². The minimum absolute atomic E-state index is 0.170. The first-order chi connectivity index (χ1) is 13.7. The molecule has 4 nitrogen and oxygen atoms in total. The number of hydrogen-bond donors (Lipinski definition) is 2. The fraction of sp³-hybridized carbons (Fsp3) is 0.435. The van der Waals surface area contributed by atoms with Crippen LogP contribution in [-0.2, 0) is 0 Å². The lowest BCUT2D eigenvalue weighted by Gasteiger charge is -2.34. The third-order valence-corrected chi connectivity index (χ3v) is 5.67. The van der Waals surface area contributed by atoms with E-state index in [-0.39, 0.29) is 5.82 Å². The fourth-order valence-corrected chi connectivity index (χ4v) is 4.04. The first kappa shape index (κ1) is 18.8. The highest BCUT2D eigenvalue weighted by molar-refractivity contribution is 5.81. The van der Waals surface area contributed by atoms with E-state index in [1.165, 1.54) is 11.6 Å². The molecule has 2 N–H and O–H groups in total. The molecule has 1 aliphatic carbocycles. The van der Waals surface area contributed by atoms with E-state index >= 15 is 0 Å². The van der Waals surface area contributed by atoms with Crippen molar-refractivity contribution < 1.29 is 4.39 Å². The molecule has 5 heteroatoms. The van der Waals surface area contributed by atoms with Gasteiger partial charge in [-0.2, -0.15) is 0 Å². The molecule has 1 aliphatic heterocycles. The Morgan fingerprint density at radius 3 is 2.57 bits per heavy atom. The maximum atomic E-state index is 13.5. The van der Waals surface area contributed by atoms with E-state index in [0.29, 0.717) is 18.0 Å². The topological polar surface area (TPSA) is 39.7 Å². The highest BCUT2D eigenvalue weighted by Gasteiger charge is 2.39. The minimum Gasteiger partial charge on any atom is -0.371 e. The van der Waals surface area contributed by atoms with Gasteiger partial charge in [0.1, 0.15) is 5.82 Å². The first-order valence-corrected chi connectivity index (χ1v) is 10.4. The molecule has 2 aromatic rings. The lowest BCUT2D eigenvalue weighted by Crippen LogP contribution is -2.49. The number of hydrogen-bond acceptors (Lipinski definition) is 2. The Kier molecular flexibility index (Phi) is 5.79. The Hall–Kier alpha value is -2.56. The van der Waals surface area contributed by atoms with E-state index in [9.17, 15) is 4.39 Å². The van der Waals surface area contributed by atoms with Gasteiger partial charge in [0.15, 0.2) is 5.96 Å². The van der Waals surface area contributed by atoms with Crippen LogP contribution in [0.3, 0.4) is 0 Å². The van der Waals surface area contributed by atoms with Gasteiger partial charge < -0.3 is 15.5 Å². The van der Waals surface area contributed by atoms with Crippen molar-refractivity contribution in [2.45, 2.75) is 44.2 Å². The molecule has 148 valence electrons. The predicted octanol–water partition coefficient (Wildman–Crippen LogP) is 3.91. The Labute approximate surface area is 166 Å². The lowest BCUT2D eigenvalue weighted by atomic mass is 10.0. The summed E-state index contributed by atoms with van der Waals surface area (Å²) in [5, 5.41) is 7.24. The van der Waals surface area contributed by atoms with Gasteiger partial charge in [-0.3, -0.25) is 4.99 Å². The first-order valence-electron chi connectivity index (χ1n) is 10.4. The SMILES string of the molecule is CCN=C(NC1CCN(c2cccc(F)c2)CC1)NC1CC1c1ccccc1. The van der Waals surface area contributed by atoms with Gasteiger partial charge >= 0.3 is 0 Å². The zero-order valence-electron chi connectivity index (χ0n) is 16.4. The number of piperidine rings is 1. The largest absolute Gasteiger partial charge is 0.371 e. The number of benzene rings is 2. The quantitative estimate of drug-likeness (QED) is 0.610. The Balaban J connectivity index is 1.28. The Morgan fingerprint density at radius 1 is 1.07 bits per heavy atom. The number of anilines is 1. The number of guanidine groups is 1. The standard InChI is InChI=1S/C23H29FN4/c1-2-25-23(27-22-16-21(22)17-7-4-3-5-8-17)26-19-11-13-28(14-12-19)20-10-6-9-18(24)15-20/h3-10,15,19,21-22H,2,11-14,16H2,1H3,(H2,25,26,27). The van der Waals surface area contributed by atoms with Crippen LogP contribution in [0.25, 0.3) is 0 Å². The van der Waals surface area contributed by atoms with E-state index in [1.807, 2.05) is 6.07 Å². The normalized spacial score (nSPS) is 22.8. The van der Waals surface area contributed by atoms with Gasteiger partial charge in [-0.05, 0) is 49.9 Å². The average Bonchev–Trinajstić information content (AvgIpc) is 3.48. The van der Waals surface area contributed by atoms with E-state index in [2.05, 4.69) is 57.8 Å². The molecule has 1 saturated carbocycles. The van der Waals surface area contributed by atoms with Crippen molar-refractivity contribution in [3.8, 4) is 0 Å². The van der Waals surface area contributed by atoms with Gasteiger partial charge in [0.2, 0.25) is 0 Å². The zero-order chi connectivity index (χ0) is 19.3. The summed E-state index contributed by atoms with van der Waals surface area (Å²) in [5.74, 6) is 1.34. The Bertz CT molecular complexity index is 799. The van der Waals surface area contributed by atoms with Crippen molar-refractivity contribution in [2.24, 2.45) is 4.99 Å². The van der Waals surface area contributed by atoms with E-state index in [0.717, 1.165) is 50.5 Å². The van der Waals surface area contributed by atoms with Crippen LogP contribution in [-0.4, -0.2) is 37.7 Å². The van der Waals surface area contributed by atoms with Gasteiger partial charge in [0.25, 0.3) is 0 Å². The van der Waals surface area contributed by atoms with E-state index in [1.54, 1.807) is 12.1 Å². The van der Waals surface area contributed by atoms with Crippen LogP contribution >= 0.6 is 0 Å². The minimum atomic E-state index is -0.170. The van der Waals surface area contributed by atoms with Gasteiger partial charge in [-0.1, -0.05) is 36.4 Å². The summed E-state index contributed by atoms with van der Waals surface area (Å²) in [6, 6.07) is 18.4. The van der Waals surface area contributed by atoms with Gasteiger partial charge in [-0.15, -0.1) is 0 Å². The molecule has 2 aromatic carbocycles. The smallest absolute Gasteiger partial charge is 0.191 e. The molecular weight excluding hydrogens is 351 g/mol. The van der Waals surface area contributed by atoms with Crippen LogP contribution in [0.2, 0.25) is 0 Å². The van der Waals surface area contributed by atoms with Crippen LogP contribution in [0.5, 0.6) is 0 Å². The molecule has 1 heterocycles. The molecule has 0 amide bonds. The summed E-state index contributed by atoms with van der Waals surface area (Å²) < 4.78 is 13.5. The summed E-state index contributed by atoms with van der Waals surface area (Å²) in [5.41, 5.74) is 2.38. The third-order valence-electron chi connectivity index (χ3n) is 5.67. The van der Waals surface area contributed by atoms with E-state index in [4.69, 9.17) is 0 Å². The van der Waals surface area contributed by atoms with Crippen molar-refractivity contribution in [1.29, 1.82) is 0 Å². The summed E-state index contributed by atoms with van der Waals surface area (Å²) >= 11 is 0. The van der Waals surface area contributed by atoms with Crippen LogP contribution in [0, 0.1) is 5.82 Å². The predicted molar refractivity (Wildman–Crippen MR) is 113 cm³/mol. The number of halogens is 1. The second-order valence-corrected chi connectivity index (χ2v) is 7.71. The monoisotopic (exact) mass is 380 g/mol. The molecule has 2 aliphatic rings. The zero-order valence-corrected chi connectivity index (χ0v) is 16.4. The molecule has 2 atom stereocenters. The van der Waals surface area contributed by atoms with Crippen LogP contribution < -0.4 is 15.5 Å². The van der Waals surface area contributed by atoms with Crippen molar-refractivity contribution in [1.82, 2.24) is 10.6 Å². The molecule has 0 radical (unpaired) electrons. The molecule has 2 fully saturated rings. The number of aliphatic imine (C=N–C) groups is 1. The second-order valence-electron chi connectivity index (χ2n) is 7.71. The molecule has 0 aromatic heterocycles. The fourth-order valence-electron chi connectivity index (χ4n) is 4.04. The maximum Gasteiger partial charge on any atom is 0.191 e. The number of nitrogens with one attached hydrogen (secondary N) is 2. The summed E-state index contributed by atoms with van der Waals surface area (Å²) in [7, 11) is 0. The van der Waals surface area contributed by atoms with Gasteiger partial charge in [0, 0.05) is 43.3 Å². The average molecular weight is 381 g/mol. The summed E-state index contributed by atoms with van der Waals surface area (Å²) in [6.45, 7) is 4.69. The third kappa shape index (κ3) is 4.64. The molecule has 0 bridgehead atoms. The highest BCUT2D eigenvalue weighted by atomic mass is 19.1. The van der Waals surface area contributed by atoms with Crippen LogP contribution in [0.15, 0.2) is 59.6 Å². The van der Waals surface area contributed by atoms with Crippen molar-refractivity contribution in [3.05, 3.63) is 66.0 Å². The van der Waals surface area contributed by atoms with Crippen molar-refractivity contribution in [2.75, 3.05) is 24.5 Å². The van der Waals surface area contributed by atoms with Crippen LogP contribution in [0.4, 0.5) is 10.1 Å². The summed E-state index contributed by atoms with van der Waals surface area (Å²) in [6.07, 6.45) is 3.20. The lowest BCUT2D eigenvalue weighted by molar-refractivity contribution is 0.460. The molecular formula is C23H29FN4. The molecule has 0 spiro atoms. The molecule has 1 saturated heterocycles. The molecule has 2 unspecified atom stereocenters. The Morgan fingerprint density at radius 2 is 1.86 bits per heavy atom. The number of nitrogens with zero attached hydrogens (tertiary/aromatic N) is 2.